The maximum Gasteiger partial charge on any atom is 0.275 e. The summed E-state index contributed by atoms with van der Waals surface area (Å²) in [4.78, 5) is 18.3. The summed E-state index contributed by atoms with van der Waals surface area (Å²) in [6, 6.07) is 4.36. The molecule has 0 atom stereocenters. The van der Waals surface area contributed by atoms with Crippen LogP contribution in [0.3, 0.4) is 0 Å². The van der Waals surface area contributed by atoms with E-state index in [4.69, 9.17) is 46.4 Å². The van der Waals surface area contributed by atoms with Gasteiger partial charge in [0.05, 0.1) is 31.3 Å². The third kappa shape index (κ3) is 4.48. The molecule has 28 heavy (non-hydrogen) atoms. The molecule has 0 saturated carbocycles. The van der Waals surface area contributed by atoms with Crippen LogP contribution in [0.2, 0.25) is 20.2 Å². The molecule has 1 heterocycles. The number of sulfonamides is 1. The molecular formula is C16H16Cl4N4O3S. The van der Waals surface area contributed by atoms with Crippen molar-refractivity contribution in [1.29, 1.82) is 0 Å². The van der Waals surface area contributed by atoms with Gasteiger partial charge < -0.3 is 10.2 Å². The van der Waals surface area contributed by atoms with Crippen molar-refractivity contribution in [1.82, 2.24) is 9.29 Å². The van der Waals surface area contributed by atoms with E-state index in [-0.39, 0.29) is 36.5 Å². The Morgan fingerprint density at radius 1 is 1.00 bits per heavy atom. The lowest BCUT2D eigenvalue weighted by atomic mass is 10.2. The van der Waals surface area contributed by atoms with Crippen LogP contribution in [0.4, 0.5) is 11.4 Å². The second-order valence-corrected chi connectivity index (χ2v) is 9.65. The van der Waals surface area contributed by atoms with E-state index in [1.807, 2.05) is 0 Å². The quantitative estimate of drug-likeness (QED) is 0.639. The fourth-order valence-electron chi connectivity index (χ4n) is 2.20. The van der Waals surface area contributed by atoms with E-state index in [0.29, 0.717) is 5.69 Å². The molecular weight excluding hydrogens is 470 g/mol. The number of benzene rings is 1. The van der Waals surface area contributed by atoms with E-state index in [1.54, 1.807) is 25.1 Å². The first-order valence-corrected chi connectivity index (χ1v) is 10.6. The zero-order valence-corrected chi connectivity index (χ0v) is 19.1. The topological polar surface area (TPSA) is 82.6 Å². The molecule has 1 aromatic carbocycles. The van der Waals surface area contributed by atoms with Crippen LogP contribution in [0.25, 0.3) is 0 Å². The number of halogens is 4. The van der Waals surface area contributed by atoms with Gasteiger partial charge in [0.1, 0.15) is 10.8 Å². The molecule has 0 aliphatic carbocycles. The number of pyridine rings is 1. The normalized spacial score (nSPS) is 11.6. The van der Waals surface area contributed by atoms with E-state index >= 15 is 0 Å². The number of amides is 1. The fraction of sp³-hybridized carbons (Fsp3) is 0.250. The Bertz CT molecular complexity index is 1040. The molecule has 0 fully saturated rings. The van der Waals surface area contributed by atoms with Gasteiger partial charge in [-0.3, -0.25) is 4.79 Å². The van der Waals surface area contributed by atoms with Crippen molar-refractivity contribution in [2.75, 3.05) is 38.4 Å². The third-order valence-electron chi connectivity index (χ3n) is 3.68. The summed E-state index contributed by atoms with van der Waals surface area (Å²) in [5, 5.41) is 2.07. The predicted octanol–water partition coefficient (Wildman–Crippen LogP) is 4.26. The zero-order chi connectivity index (χ0) is 21.4. The summed E-state index contributed by atoms with van der Waals surface area (Å²) in [6.07, 6.45) is 0. The lowest BCUT2D eigenvalue weighted by molar-refractivity contribution is 0.102. The molecule has 1 N–H and O–H groups in total. The Kier molecular flexibility index (Phi) is 7.07. The average Bonchev–Trinajstić information content (AvgIpc) is 2.62. The Hall–Kier alpha value is -1.29. The molecule has 0 unspecified atom stereocenters. The van der Waals surface area contributed by atoms with Crippen LogP contribution < -0.4 is 10.2 Å². The number of hydrogen-bond acceptors (Lipinski definition) is 5. The van der Waals surface area contributed by atoms with Crippen molar-refractivity contribution in [2.24, 2.45) is 0 Å². The van der Waals surface area contributed by atoms with Crippen molar-refractivity contribution >= 4 is 73.7 Å². The van der Waals surface area contributed by atoms with E-state index in [2.05, 4.69) is 10.3 Å². The number of rotatable bonds is 5. The third-order valence-corrected chi connectivity index (χ3v) is 7.16. The number of aromatic nitrogens is 1. The van der Waals surface area contributed by atoms with Crippen LogP contribution in [0.1, 0.15) is 10.5 Å². The minimum atomic E-state index is -3.71. The van der Waals surface area contributed by atoms with Gasteiger partial charge in [-0.2, -0.15) is 0 Å². The maximum atomic E-state index is 12.7. The highest BCUT2D eigenvalue weighted by atomic mass is 35.5. The molecule has 1 aromatic heterocycles. The molecule has 2 rings (SSSR count). The van der Waals surface area contributed by atoms with Crippen LogP contribution in [0, 0.1) is 0 Å². The summed E-state index contributed by atoms with van der Waals surface area (Å²) in [5.41, 5.74) is 0.554. The summed E-state index contributed by atoms with van der Waals surface area (Å²) < 4.78 is 25.9. The van der Waals surface area contributed by atoms with Crippen LogP contribution in [0.15, 0.2) is 23.1 Å². The Labute approximate surface area is 183 Å². The lowest BCUT2D eigenvalue weighted by Gasteiger charge is -2.20. The first-order valence-electron chi connectivity index (χ1n) is 7.63. The molecule has 7 nitrogen and oxygen atoms in total. The van der Waals surface area contributed by atoms with Crippen LogP contribution >= 0.6 is 46.4 Å². The van der Waals surface area contributed by atoms with Crippen molar-refractivity contribution < 1.29 is 13.2 Å². The van der Waals surface area contributed by atoms with Gasteiger partial charge in [0.2, 0.25) is 10.0 Å². The molecule has 0 spiro atoms. The van der Waals surface area contributed by atoms with Gasteiger partial charge in [0.25, 0.3) is 5.91 Å². The van der Waals surface area contributed by atoms with Crippen LogP contribution in [0.5, 0.6) is 0 Å². The number of hydrogen-bond donors (Lipinski definition) is 1. The second kappa shape index (κ2) is 8.61. The lowest BCUT2D eigenvalue weighted by Crippen LogP contribution is -2.23. The number of nitrogens with zero attached hydrogens (tertiary/aromatic N) is 3. The van der Waals surface area contributed by atoms with E-state index < -0.39 is 15.9 Å². The molecule has 0 aliphatic rings. The van der Waals surface area contributed by atoms with Crippen LogP contribution in [-0.4, -0.2) is 51.8 Å². The van der Waals surface area contributed by atoms with Gasteiger partial charge in [0, 0.05) is 28.2 Å². The zero-order valence-electron chi connectivity index (χ0n) is 15.2. The largest absolute Gasteiger partial charge is 0.376 e. The molecule has 2 aromatic rings. The highest BCUT2D eigenvalue weighted by Crippen LogP contribution is 2.37. The van der Waals surface area contributed by atoms with E-state index in [9.17, 15) is 13.2 Å². The molecule has 0 aliphatic heterocycles. The van der Waals surface area contributed by atoms with Crippen molar-refractivity contribution in [3.05, 3.63) is 44.1 Å². The summed E-state index contributed by atoms with van der Waals surface area (Å²) >= 11 is 23.8. The molecule has 152 valence electrons. The Morgan fingerprint density at radius 3 is 2.14 bits per heavy atom. The minimum absolute atomic E-state index is 0.00428. The monoisotopic (exact) mass is 484 g/mol. The number of nitrogens with one attached hydrogen (secondary N) is 1. The maximum absolute atomic E-state index is 12.7. The first-order chi connectivity index (χ1) is 12.9. The molecule has 0 bridgehead atoms. The Balaban J connectivity index is 2.55. The SMILES string of the molecule is CN(C)c1ccc(S(=O)(=O)N(C)C)cc1NC(=O)c1nc(Cl)c(Cl)c(Cl)c1Cl. The highest BCUT2D eigenvalue weighted by Gasteiger charge is 2.23. The van der Waals surface area contributed by atoms with Gasteiger partial charge in [-0.1, -0.05) is 46.4 Å². The summed E-state index contributed by atoms with van der Waals surface area (Å²) in [5.74, 6) is -0.729. The smallest absolute Gasteiger partial charge is 0.275 e. The van der Waals surface area contributed by atoms with Gasteiger partial charge in [0.15, 0.2) is 0 Å². The highest BCUT2D eigenvalue weighted by molar-refractivity contribution is 7.89. The summed E-state index contributed by atoms with van der Waals surface area (Å²) in [7, 11) is 2.60. The second-order valence-electron chi connectivity index (χ2n) is 6.01. The first kappa shape index (κ1) is 23.0. The fourth-order valence-corrected chi connectivity index (χ4v) is 3.94. The predicted molar refractivity (Wildman–Crippen MR) is 114 cm³/mol. The van der Waals surface area contributed by atoms with Gasteiger partial charge in [-0.15, -0.1) is 0 Å². The van der Waals surface area contributed by atoms with E-state index in [0.717, 1.165) is 4.31 Å². The van der Waals surface area contributed by atoms with Gasteiger partial charge in [-0.25, -0.2) is 17.7 Å². The number of carbonyl (C=O) groups is 1. The van der Waals surface area contributed by atoms with E-state index in [1.165, 1.54) is 26.2 Å². The van der Waals surface area contributed by atoms with Gasteiger partial charge >= 0.3 is 0 Å². The number of carbonyl (C=O) groups excluding carboxylic acids is 1. The molecule has 12 heteroatoms. The van der Waals surface area contributed by atoms with Crippen molar-refractivity contribution in [2.45, 2.75) is 4.90 Å². The number of anilines is 2. The minimum Gasteiger partial charge on any atom is -0.376 e. The van der Waals surface area contributed by atoms with Gasteiger partial charge in [-0.05, 0) is 18.2 Å². The Morgan fingerprint density at radius 2 is 1.61 bits per heavy atom. The molecule has 0 saturated heterocycles. The molecule has 1 amide bonds. The standard InChI is InChI=1S/C16H16Cl4N4O3S/c1-23(2)10-6-5-8(28(26,27)24(3)4)7-9(10)21-16(25)14-12(18)11(17)13(19)15(20)22-14/h5-7H,1-4H3,(H,21,25). The van der Waals surface area contributed by atoms with Crippen molar-refractivity contribution in [3.63, 3.8) is 0 Å². The van der Waals surface area contributed by atoms with Crippen molar-refractivity contribution in [3.8, 4) is 0 Å². The molecule has 0 radical (unpaired) electrons. The summed E-state index contributed by atoms with van der Waals surface area (Å²) in [6.45, 7) is 0. The average molecular weight is 486 g/mol. The van der Waals surface area contributed by atoms with Crippen LogP contribution in [-0.2, 0) is 10.0 Å².